The monoisotopic (exact) mass is 270 g/mol. The fourth-order valence-electron chi connectivity index (χ4n) is 1.56. The second kappa shape index (κ2) is 7.65. The Morgan fingerprint density at radius 2 is 2.11 bits per heavy atom. The minimum absolute atomic E-state index is 0.191. The number of hydrogen-bond acceptors (Lipinski definition) is 5. The lowest BCUT2D eigenvalue weighted by Crippen LogP contribution is -2.22. The van der Waals surface area contributed by atoms with Crippen LogP contribution in [0.5, 0.6) is 0 Å². The largest absolute Gasteiger partial charge is 0.481 e. The molecular weight excluding hydrogens is 252 g/mol. The van der Waals surface area contributed by atoms with Crippen molar-refractivity contribution in [2.24, 2.45) is 0 Å². The summed E-state index contributed by atoms with van der Waals surface area (Å²) < 4.78 is 10.1. The van der Waals surface area contributed by atoms with Crippen LogP contribution >= 0.6 is 0 Å². The highest BCUT2D eigenvalue weighted by atomic mass is 16.5. The number of rotatable bonds is 8. The number of nitrogens with zero attached hydrogens (tertiary/aromatic N) is 1. The number of aliphatic carboxylic acids is 1. The van der Waals surface area contributed by atoms with Crippen LogP contribution in [0, 0.1) is 6.92 Å². The molecule has 1 aromatic rings. The van der Waals surface area contributed by atoms with Crippen LogP contribution in [-0.4, -0.2) is 48.0 Å². The molecule has 7 nitrogen and oxygen atoms in total. The zero-order valence-electron chi connectivity index (χ0n) is 11.1. The summed E-state index contributed by atoms with van der Waals surface area (Å²) >= 11 is 0. The highest BCUT2D eigenvalue weighted by Gasteiger charge is 2.11. The molecule has 0 aliphatic carbocycles. The van der Waals surface area contributed by atoms with Gasteiger partial charge in [-0.1, -0.05) is 0 Å². The average Bonchev–Trinajstić information content (AvgIpc) is 2.33. The smallest absolute Gasteiger partial charge is 0.308 e. The van der Waals surface area contributed by atoms with Gasteiger partial charge in [0.15, 0.2) is 0 Å². The van der Waals surface area contributed by atoms with Crippen molar-refractivity contribution in [2.75, 3.05) is 26.9 Å². The number of aromatic nitrogens is 2. The van der Waals surface area contributed by atoms with Crippen molar-refractivity contribution in [1.29, 1.82) is 0 Å². The zero-order valence-corrected chi connectivity index (χ0v) is 11.1. The first-order valence-electron chi connectivity index (χ1n) is 5.91. The van der Waals surface area contributed by atoms with Crippen LogP contribution in [0.25, 0.3) is 0 Å². The Morgan fingerprint density at radius 1 is 1.37 bits per heavy atom. The third kappa shape index (κ3) is 5.19. The predicted octanol–water partition coefficient (Wildman–Crippen LogP) is -0.0891. The molecule has 106 valence electrons. The lowest BCUT2D eigenvalue weighted by Gasteiger charge is -2.06. The molecule has 1 aromatic heterocycles. The number of methoxy groups -OCH3 is 1. The molecule has 0 aliphatic heterocycles. The van der Waals surface area contributed by atoms with E-state index >= 15 is 0 Å². The van der Waals surface area contributed by atoms with Crippen LogP contribution in [0.15, 0.2) is 4.79 Å². The molecule has 0 radical (unpaired) electrons. The maximum absolute atomic E-state index is 11.7. The molecule has 2 N–H and O–H groups in total. The van der Waals surface area contributed by atoms with E-state index in [2.05, 4.69) is 9.97 Å². The summed E-state index contributed by atoms with van der Waals surface area (Å²) in [5, 5.41) is 8.70. The summed E-state index contributed by atoms with van der Waals surface area (Å²) in [4.78, 5) is 29.1. The number of carbonyl (C=O) groups is 1. The topological polar surface area (TPSA) is 102 Å². The summed E-state index contributed by atoms with van der Waals surface area (Å²) in [6.45, 7) is 3.05. The van der Waals surface area contributed by atoms with Gasteiger partial charge in [-0.2, -0.15) is 0 Å². The van der Waals surface area contributed by atoms with Gasteiger partial charge in [-0.25, -0.2) is 4.98 Å². The van der Waals surface area contributed by atoms with E-state index in [-0.39, 0.29) is 12.0 Å². The van der Waals surface area contributed by atoms with Gasteiger partial charge in [-0.15, -0.1) is 0 Å². The fraction of sp³-hybridized carbons (Fsp3) is 0.583. The third-order valence-corrected chi connectivity index (χ3v) is 2.51. The molecule has 0 bridgehead atoms. The van der Waals surface area contributed by atoms with E-state index in [1.54, 1.807) is 14.0 Å². The fourth-order valence-corrected chi connectivity index (χ4v) is 1.56. The Bertz CT molecular complexity index is 483. The van der Waals surface area contributed by atoms with Crippen molar-refractivity contribution >= 4 is 5.97 Å². The number of carboxylic acid groups (broad SMARTS) is 1. The van der Waals surface area contributed by atoms with E-state index in [4.69, 9.17) is 14.6 Å². The van der Waals surface area contributed by atoms with Crippen molar-refractivity contribution in [3.8, 4) is 0 Å². The number of nitrogens with one attached hydrogen (secondary N) is 1. The lowest BCUT2D eigenvalue weighted by atomic mass is 10.1. The van der Waals surface area contributed by atoms with E-state index < -0.39 is 11.5 Å². The molecular formula is C12H18N2O5. The minimum atomic E-state index is -1.05. The van der Waals surface area contributed by atoms with Gasteiger partial charge >= 0.3 is 5.97 Å². The average molecular weight is 270 g/mol. The molecule has 0 fully saturated rings. The van der Waals surface area contributed by atoms with Crippen molar-refractivity contribution < 1.29 is 19.4 Å². The SMILES string of the molecule is COCCOCCc1nc(C)c(CC(=O)O)c(=O)[nH]1. The molecule has 0 unspecified atom stereocenters. The van der Waals surface area contributed by atoms with Gasteiger partial charge in [0.25, 0.3) is 5.56 Å². The molecule has 0 saturated heterocycles. The van der Waals surface area contributed by atoms with Crippen LogP contribution in [-0.2, 0) is 27.1 Å². The summed E-state index contributed by atoms with van der Waals surface area (Å²) in [5.41, 5.74) is 0.233. The molecule has 0 spiro atoms. The summed E-state index contributed by atoms with van der Waals surface area (Å²) in [7, 11) is 1.59. The molecule has 1 rings (SSSR count). The summed E-state index contributed by atoms with van der Waals surface area (Å²) in [5.74, 6) is -0.555. The first-order chi connectivity index (χ1) is 9.04. The van der Waals surface area contributed by atoms with E-state index in [1.807, 2.05) is 0 Å². The Morgan fingerprint density at radius 3 is 2.68 bits per heavy atom. The maximum atomic E-state index is 11.7. The first kappa shape index (κ1) is 15.3. The van der Waals surface area contributed by atoms with E-state index in [0.29, 0.717) is 37.8 Å². The molecule has 0 aliphatic rings. The van der Waals surface area contributed by atoms with Gasteiger partial charge in [0, 0.05) is 24.8 Å². The second-order valence-electron chi connectivity index (χ2n) is 4.00. The van der Waals surface area contributed by atoms with E-state index in [0.717, 1.165) is 0 Å². The first-order valence-corrected chi connectivity index (χ1v) is 5.91. The van der Waals surface area contributed by atoms with Crippen LogP contribution in [0.3, 0.4) is 0 Å². The van der Waals surface area contributed by atoms with Gasteiger partial charge in [-0.3, -0.25) is 9.59 Å². The van der Waals surface area contributed by atoms with E-state index in [1.165, 1.54) is 0 Å². The number of aromatic amines is 1. The summed E-state index contributed by atoms with van der Waals surface area (Å²) in [6, 6.07) is 0. The minimum Gasteiger partial charge on any atom is -0.481 e. The van der Waals surface area contributed by atoms with Gasteiger partial charge in [-0.05, 0) is 6.92 Å². The predicted molar refractivity (Wildman–Crippen MR) is 67.3 cm³/mol. The van der Waals surface area contributed by atoms with Gasteiger partial charge < -0.3 is 19.6 Å². The zero-order chi connectivity index (χ0) is 14.3. The van der Waals surface area contributed by atoms with Crippen LogP contribution in [0.2, 0.25) is 0 Å². The number of aryl methyl sites for hydroxylation is 1. The van der Waals surface area contributed by atoms with Gasteiger partial charge in [0.05, 0.1) is 26.2 Å². The third-order valence-electron chi connectivity index (χ3n) is 2.51. The molecule has 7 heteroatoms. The normalized spacial score (nSPS) is 10.6. The molecule has 0 saturated carbocycles. The Kier molecular flexibility index (Phi) is 6.17. The highest BCUT2D eigenvalue weighted by Crippen LogP contribution is 2.01. The Labute approximate surface area is 110 Å². The second-order valence-corrected chi connectivity index (χ2v) is 4.00. The summed E-state index contributed by atoms with van der Waals surface area (Å²) in [6.07, 6.45) is 0.145. The molecule has 0 aromatic carbocycles. The number of H-pyrrole nitrogens is 1. The van der Waals surface area contributed by atoms with Crippen LogP contribution in [0.4, 0.5) is 0 Å². The van der Waals surface area contributed by atoms with Crippen molar-refractivity contribution in [2.45, 2.75) is 19.8 Å². The molecule has 0 amide bonds. The molecule has 0 atom stereocenters. The standard InChI is InChI=1S/C12H18N2O5/c1-8-9(7-11(15)16)12(17)14-10(13-8)3-4-19-6-5-18-2/h3-7H2,1-2H3,(H,15,16)(H,13,14,17). The van der Waals surface area contributed by atoms with Crippen molar-refractivity contribution in [1.82, 2.24) is 9.97 Å². The van der Waals surface area contributed by atoms with E-state index in [9.17, 15) is 9.59 Å². The van der Waals surface area contributed by atoms with Gasteiger partial charge in [0.1, 0.15) is 5.82 Å². The highest BCUT2D eigenvalue weighted by molar-refractivity contribution is 5.70. The van der Waals surface area contributed by atoms with Gasteiger partial charge in [0.2, 0.25) is 0 Å². The van der Waals surface area contributed by atoms with Crippen molar-refractivity contribution in [3.63, 3.8) is 0 Å². The van der Waals surface area contributed by atoms with Crippen LogP contribution in [0.1, 0.15) is 17.1 Å². The Balaban J connectivity index is 2.62. The maximum Gasteiger partial charge on any atom is 0.308 e. The Hall–Kier alpha value is -1.73. The quantitative estimate of drug-likeness (QED) is 0.640. The molecule has 1 heterocycles. The number of ether oxygens (including phenoxy) is 2. The van der Waals surface area contributed by atoms with Crippen molar-refractivity contribution in [3.05, 3.63) is 27.4 Å². The number of carboxylic acids is 1. The van der Waals surface area contributed by atoms with Crippen LogP contribution < -0.4 is 5.56 Å². The lowest BCUT2D eigenvalue weighted by molar-refractivity contribution is -0.136. The molecule has 19 heavy (non-hydrogen) atoms. The number of hydrogen-bond donors (Lipinski definition) is 2.